The van der Waals surface area contributed by atoms with Crippen LogP contribution in [-0.2, 0) is 6.54 Å². The minimum absolute atomic E-state index is 0.749. The Morgan fingerprint density at radius 3 is 3.05 bits per heavy atom. The standard InChI is InChI=1S/C18H21NOS/c21-20-11-3-1-2-10(6-11)9-19-15-7-14-17-5-4-12(17)16(17)13-8-18(13,14)15/h1-3,6,12-16,19,21H,4-5,7-9H2. The zero-order valence-corrected chi connectivity index (χ0v) is 13.0. The maximum absolute atomic E-state index is 5.02. The van der Waals surface area contributed by atoms with Crippen molar-refractivity contribution in [3.05, 3.63) is 29.8 Å². The average Bonchev–Trinajstić information content (AvgIpc) is 3.32. The van der Waals surface area contributed by atoms with Crippen molar-refractivity contribution in [3.8, 4) is 5.75 Å². The molecule has 7 unspecified atom stereocenters. The second kappa shape index (κ2) is 3.46. The Kier molecular flexibility index (Phi) is 1.95. The van der Waals surface area contributed by atoms with E-state index in [0.717, 1.165) is 46.9 Å². The van der Waals surface area contributed by atoms with Crippen LogP contribution in [-0.4, -0.2) is 6.04 Å². The highest BCUT2D eigenvalue weighted by Gasteiger charge is 2.93. The molecule has 1 aromatic rings. The first kappa shape index (κ1) is 11.8. The van der Waals surface area contributed by atoms with Crippen molar-refractivity contribution in [2.24, 2.45) is 34.5 Å². The van der Waals surface area contributed by atoms with E-state index in [1.54, 1.807) is 12.8 Å². The highest BCUT2D eigenvalue weighted by molar-refractivity contribution is 7.75. The first-order valence-electron chi connectivity index (χ1n) is 8.44. The molecule has 3 heteroatoms. The van der Waals surface area contributed by atoms with Gasteiger partial charge in [0.2, 0.25) is 0 Å². The fourth-order valence-corrected chi connectivity index (χ4v) is 7.29. The largest absolute Gasteiger partial charge is 0.429 e. The van der Waals surface area contributed by atoms with E-state index in [9.17, 15) is 0 Å². The molecular formula is C18H21NOS. The molecular weight excluding hydrogens is 278 g/mol. The lowest BCUT2D eigenvalue weighted by atomic mass is 9.56. The van der Waals surface area contributed by atoms with Crippen LogP contribution in [0.25, 0.3) is 0 Å². The summed E-state index contributed by atoms with van der Waals surface area (Å²) in [7, 11) is 0. The zero-order chi connectivity index (χ0) is 13.8. The van der Waals surface area contributed by atoms with Gasteiger partial charge in [0.05, 0.1) is 0 Å². The molecule has 7 atom stereocenters. The zero-order valence-electron chi connectivity index (χ0n) is 12.1. The van der Waals surface area contributed by atoms with Gasteiger partial charge in [-0.05, 0) is 77.9 Å². The van der Waals surface area contributed by atoms with Gasteiger partial charge in [0, 0.05) is 25.5 Å². The summed E-state index contributed by atoms with van der Waals surface area (Å²) in [6, 6.07) is 9.05. The molecule has 5 saturated carbocycles. The SMILES string of the molecule is SOc1cccc(CNC2CC3C24CC4C2C4CCC423)c1. The Hall–Kier alpha value is -0.670. The lowest BCUT2D eigenvalue weighted by Gasteiger charge is -2.52. The number of hydrogen-bond acceptors (Lipinski definition) is 3. The van der Waals surface area contributed by atoms with E-state index in [4.69, 9.17) is 4.18 Å². The molecule has 2 spiro atoms. The topological polar surface area (TPSA) is 21.3 Å². The summed E-state index contributed by atoms with van der Waals surface area (Å²) in [5.74, 6) is 5.38. The third-order valence-corrected chi connectivity index (χ3v) is 8.25. The van der Waals surface area contributed by atoms with Crippen LogP contribution in [0.3, 0.4) is 0 Å². The number of benzene rings is 1. The molecule has 0 heterocycles. The van der Waals surface area contributed by atoms with E-state index in [1.165, 1.54) is 24.3 Å². The monoisotopic (exact) mass is 299 g/mol. The summed E-state index contributed by atoms with van der Waals surface area (Å²) >= 11 is 3.88. The Bertz CT molecular complexity index is 648. The summed E-state index contributed by atoms with van der Waals surface area (Å²) in [5, 5.41) is 3.86. The van der Waals surface area contributed by atoms with Crippen LogP contribution < -0.4 is 9.50 Å². The lowest BCUT2D eigenvalue weighted by molar-refractivity contribution is -0.00827. The lowest BCUT2D eigenvalue weighted by Crippen LogP contribution is -2.55. The van der Waals surface area contributed by atoms with E-state index >= 15 is 0 Å². The fourth-order valence-electron chi connectivity index (χ4n) is 7.17. The molecule has 110 valence electrons. The van der Waals surface area contributed by atoms with E-state index in [1.807, 2.05) is 12.1 Å². The summed E-state index contributed by atoms with van der Waals surface area (Å²) < 4.78 is 5.02. The highest BCUT2D eigenvalue weighted by Crippen LogP contribution is 2.97. The van der Waals surface area contributed by atoms with Gasteiger partial charge in [-0.25, -0.2) is 0 Å². The van der Waals surface area contributed by atoms with Gasteiger partial charge in [-0.2, -0.15) is 0 Å². The molecule has 0 radical (unpaired) electrons. The Labute approximate surface area is 131 Å². The average molecular weight is 299 g/mol. The van der Waals surface area contributed by atoms with Crippen LogP contribution in [0.4, 0.5) is 0 Å². The molecule has 5 aliphatic rings. The van der Waals surface area contributed by atoms with Crippen molar-refractivity contribution in [3.63, 3.8) is 0 Å². The Morgan fingerprint density at radius 1 is 1.29 bits per heavy atom. The maximum Gasteiger partial charge on any atom is 0.137 e. The molecule has 2 nitrogen and oxygen atoms in total. The van der Waals surface area contributed by atoms with Gasteiger partial charge < -0.3 is 9.50 Å². The van der Waals surface area contributed by atoms with Gasteiger partial charge in [0.15, 0.2) is 0 Å². The van der Waals surface area contributed by atoms with Crippen molar-refractivity contribution in [2.75, 3.05) is 0 Å². The van der Waals surface area contributed by atoms with Crippen LogP contribution in [0.15, 0.2) is 24.3 Å². The highest BCUT2D eigenvalue weighted by atomic mass is 32.1. The van der Waals surface area contributed by atoms with Gasteiger partial charge in [-0.3, -0.25) is 0 Å². The molecule has 0 aliphatic heterocycles. The molecule has 0 aromatic heterocycles. The summed E-state index contributed by atoms with van der Waals surface area (Å²) in [4.78, 5) is 0. The minimum atomic E-state index is 0.749. The molecule has 21 heavy (non-hydrogen) atoms. The van der Waals surface area contributed by atoms with Crippen molar-refractivity contribution in [1.29, 1.82) is 0 Å². The van der Waals surface area contributed by atoms with Crippen LogP contribution in [0.5, 0.6) is 5.75 Å². The molecule has 0 saturated heterocycles. The quantitative estimate of drug-likeness (QED) is 0.656. The van der Waals surface area contributed by atoms with Gasteiger partial charge in [0.25, 0.3) is 0 Å². The molecule has 1 aromatic carbocycles. The Balaban J connectivity index is 1.16. The summed E-state index contributed by atoms with van der Waals surface area (Å²) in [6.07, 6.45) is 6.12. The predicted octanol–water partition coefficient (Wildman–Crippen LogP) is 3.43. The van der Waals surface area contributed by atoms with Crippen LogP contribution in [0, 0.1) is 34.5 Å². The molecule has 0 bridgehead atoms. The van der Waals surface area contributed by atoms with Crippen molar-refractivity contribution < 1.29 is 4.18 Å². The van der Waals surface area contributed by atoms with E-state index < -0.39 is 0 Å². The fraction of sp³-hybridized carbons (Fsp3) is 0.667. The first-order chi connectivity index (χ1) is 10.3. The Morgan fingerprint density at radius 2 is 2.24 bits per heavy atom. The van der Waals surface area contributed by atoms with Crippen molar-refractivity contribution in [2.45, 2.75) is 38.3 Å². The number of nitrogens with one attached hydrogen (secondary N) is 1. The van der Waals surface area contributed by atoms with E-state index in [0.29, 0.717) is 0 Å². The van der Waals surface area contributed by atoms with Crippen molar-refractivity contribution in [1.82, 2.24) is 5.32 Å². The summed E-state index contributed by atoms with van der Waals surface area (Å²) in [6.45, 7) is 0.970. The number of thiol groups is 1. The second-order valence-corrected chi connectivity index (χ2v) is 8.35. The minimum Gasteiger partial charge on any atom is -0.429 e. The van der Waals surface area contributed by atoms with Crippen molar-refractivity contribution >= 4 is 12.9 Å². The number of hydrogen-bond donors (Lipinski definition) is 2. The number of fused-ring (bicyclic) bond motifs is 2. The third kappa shape index (κ3) is 1.14. The van der Waals surface area contributed by atoms with Gasteiger partial charge in [0.1, 0.15) is 5.75 Å². The maximum atomic E-state index is 5.02. The molecule has 5 aliphatic carbocycles. The number of rotatable bonds is 4. The van der Waals surface area contributed by atoms with Crippen LogP contribution in [0.1, 0.15) is 31.2 Å². The predicted molar refractivity (Wildman–Crippen MR) is 84.0 cm³/mol. The molecule has 0 amide bonds. The smallest absolute Gasteiger partial charge is 0.137 e. The first-order valence-corrected chi connectivity index (χ1v) is 8.81. The van der Waals surface area contributed by atoms with E-state index in [-0.39, 0.29) is 0 Å². The molecule has 6 rings (SSSR count). The molecule has 5 fully saturated rings. The van der Waals surface area contributed by atoms with E-state index in [2.05, 4.69) is 30.4 Å². The summed E-state index contributed by atoms with van der Waals surface area (Å²) in [5.41, 5.74) is 2.95. The molecule has 1 N–H and O–H groups in total. The van der Waals surface area contributed by atoms with Crippen LogP contribution >= 0.6 is 12.9 Å². The van der Waals surface area contributed by atoms with Gasteiger partial charge in [-0.1, -0.05) is 12.1 Å². The third-order valence-electron chi connectivity index (χ3n) is 8.03. The second-order valence-electron chi connectivity index (χ2n) is 8.17. The normalized spacial score (nSPS) is 53.5. The van der Waals surface area contributed by atoms with Gasteiger partial charge >= 0.3 is 0 Å². The van der Waals surface area contributed by atoms with Crippen LogP contribution in [0.2, 0.25) is 0 Å². The van der Waals surface area contributed by atoms with Gasteiger partial charge in [-0.15, -0.1) is 0 Å².